The van der Waals surface area contributed by atoms with Crippen molar-refractivity contribution in [2.24, 2.45) is 0 Å². The quantitative estimate of drug-likeness (QED) is 0.510. The summed E-state index contributed by atoms with van der Waals surface area (Å²) in [7, 11) is 0. The molecular weight excluding hydrogens is 437 g/mol. The maximum Gasteiger partial charge on any atom is 0.0637 e. The molecule has 2 fully saturated rings. The summed E-state index contributed by atoms with van der Waals surface area (Å²) in [6.45, 7) is 6.77. The van der Waals surface area contributed by atoms with Crippen LogP contribution in [0, 0.1) is 0 Å². The van der Waals surface area contributed by atoms with E-state index in [4.69, 9.17) is 34.8 Å². The summed E-state index contributed by atoms with van der Waals surface area (Å²) in [5.74, 6) is 0.588. The maximum absolute atomic E-state index is 6.52. The van der Waals surface area contributed by atoms with E-state index < -0.39 is 0 Å². The van der Waals surface area contributed by atoms with Crippen LogP contribution < -0.4 is 10.6 Å². The number of likely N-dealkylation sites (tertiary alicyclic amines) is 1. The van der Waals surface area contributed by atoms with E-state index in [0.717, 1.165) is 22.8 Å². The number of nitrogens with one attached hydrogen (secondary N) is 2. The average Bonchev–Trinajstić information content (AvgIpc) is 2.76. The molecule has 6 heteroatoms. The molecule has 0 saturated carbocycles. The molecule has 0 amide bonds. The van der Waals surface area contributed by atoms with E-state index in [9.17, 15) is 0 Å². The molecule has 0 radical (unpaired) electrons. The predicted octanol–water partition coefficient (Wildman–Crippen LogP) is 6.75. The monoisotopic (exact) mass is 465 g/mol. The molecule has 2 unspecified atom stereocenters. The number of piperidine rings is 2. The lowest BCUT2D eigenvalue weighted by Gasteiger charge is -2.39. The van der Waals surface area contributed by atoms with Crippen LogP contribution in [0.5, 0.6) is 0 Å². The molecule has 2 aromatic rings. The van der Waals surface area contributed by atoms with Gasteiger partial charge in [-0.1, -0.05) is 46.9 Å². The van der Waals surface area contributed by atoms with Crippen LogP contribution >= 0.6 is 34.8 Å². The van der Waals surface area contributed by atoms with Gasteiger partial charge >= 0.3 is 0 Å². The molecule has 2 saturated heterocycles. The Morgan fingerprint density at radius 2 is 1.80 bits per heavy atom. The Morgan fingerprint density at radius 1 is 1.00 bits per heavy atom. The van der Waals surface area contributed by atoms with Gasteiger partial charge in [0.05, 0.1) is 16.8 Å². The summed E-state index contributed by atoms with van der Waals surface area (Å²) in [6.07, 6.45) is 5.04. The van der Waals surface area contributed by atoms with Gasteiger partial charge in [-0.2, -0.15) is 0 Å². The molecule has 0 aromatic heterocycles. The zero-order chi connectivity index (χ0) is 21.1. The van der Waals surface area contributed by atoms with Gasteiger partial charge in [0, 0.05) is 22.6 Å². The molecule has 2 N–H and O–H groups in total. The van der Waals surface area contributed by atoms with Crippen molar-refractivity contribution < 1.29 is 0 Å². The molecule has 0 aliphatic carbocycles. The average molecular weight is 467 g/mol. The molecule has 30 heavy (non-hydrogen) atoms. The number of anilines is 1. The highest BCUT2D eigenvalue weighted by Gasteiger charge is 2.27. The van der Waals surface area contributed by atoms with Crippen molar-refractivity contribution in [2.45, 2.75) is 50.6 Å². The first-order valence-corrected chi connectivity index (χ1v) is 12.1. The molecule has 3 nitrogen and oxygen atoms in total. The van der Waals surface area contributed by atoms with E-state index in [2.05, 4.69) is 34.6 Å². The van der Waals surface area contributed by atoms with Crippen molar-refractivity contribution in [3.05, 3.63) is 62.6 Å². The molecule has 2 aromatic carbocycles. The van der Waals surface area contributed by atoms with Gasteiger partial charge in [-0.15, -0.1) is 0 Å². The Balaban J connectivity index is 1.42. The van der Waals surface area contributed by atoms with Crippen LogP contribution in [0.25, 0.3) is 0 Å². The maximum atomic E-state index is 6.52. The Hall–Kier alpha value is -0.970. The van der Waals surface area contributed by atoms with E-state index in [1.165, 1.54) is 50.9 Å². The summed E-state index contributed by atoms with van der Waals surface area (Å²) < 4.78 is 0. The van der Waals surface area contributed by atoms with Gasteiger partial charge < -0.3 is 10.6 Å². The number of rotatable bonds is 5. The molecule has 2 heterocycles. The second-order valence-electron chi connectivity index (χ2n) is 8.58. The fourth-order valence-corrected chi connectivity index (χ4v) is 5.56. The highest BCUT2D eigenvalue weighted by molar-refractivity contribution is 6.35. The molecule has 2 aliphatic rings. The smallest absolute Gasteiger partial charge is 0.0637 e. The minimum absolute atomic E-state index is 0.0307. The summed E-state index contributed by atoms with van der Waals surface area (Å²) in [4.78, 5) is 2.68. The van der Waals surface area contributed by atoms with Crippen LogP contribution in [0.4, 0.5) is 5.69 Å². The van der Waals surface area contributed by atoms with Gasteiger partial charge in [0.15, 0.2) is 0 Å². The Labute approximate surface area is 195 Å². The van der Waals surface area contributed by atoms with Gasteiger partial charge in [-0.05, 0) is 93.6 Å². The predicted molar refractivity (Wildman–Crippen MR) is 129 cm³/mol. The lowest BCUT2D eigenvalue weighted by Crippen LogP contribution is -2.48. The third kappa shape index (κ3) is 5.26. The number of hydrogen-bond donors (Lipinski definition) is 2. The summed E-state index contributed by atoms with van der Waals surface area (Å²) >= 11 is 19.0. The van der Waals surface area contributed by atoms with Gasteiger partial charge in [0.2, 0.25) is 0 Å². The second-order valence-corrected chi connectivity index (χ2v) is 9.83. The second kappa shape index (κ2) is 10.1. The fourth-order valence-electron chi connectivity index (χ4n) is 4.81. The standard InChI is InChI=1S/C24H30Cl3N3/c1-16(21-6-5-19(25)14-23(21)27)29-24-13-18(4-7-22(24)26)17-8-11-30(12-9-17)20-3-2-10-28-15-20/h4-7,13-14,16-17,20,28-29H,2-3,8-12,15H2,1H3. The van der Waals surface area contributed by atoms with E-state index >= 15 is 0 Å². The molecule has 2 aliphatic heterocycles. The third-order valence-corrected chi connectivity index (χ3v) is 7.47. The van der Waals surface area contributed by atoms with Crippen LogP contribution in [0.15, 0.2) is 36.4 Å². The normalized spacial score (nSPS) is 22.1. The van der Waals surface area contributed by atoms with Gasteiger partial charge in [-0.25, -0.2) is 0 Å². The highest BCUT2D eigenvalue weighted by atomic mass is 35.5. The lowest BCUT2D eigenvalue weighted by molar-refractivity contribution is 0.130. The van der Waals surface area contributed by atoms with Gasteiger partial charge in [-0.3, -0.25) is 4.90 Å². The van der Waals surface area contributed by atoms with Crippen LogP contribution in [0.2, 0.25) is 15.1 Å². The minimum Gasteiger partial charge on any atom is -0.377 e. The first-order valence-electron chi connectivity index (χ1n) is 11.0. The van der Waals surface area contributed by atoms with Crippen molar-refractivity contribution >= 4 is 40.5 Å². The van der Waals surface area contributed by atoms with Crippen molar-refractivity contribution in [3.63, 3.8) is 0 Å². The zero-order valence-electron chi connectivity index (χ0n) is 17.4. The van der Waals surface area contributed by atoms with E-state index in [1.54, 1.807) is 6.07 Å². The summed E-state index contributed by atoms with van der Waals surface area (Å²) in [5.41, 5.74) is 3.35. The van der Waals surface area contributed by atoms with Crippen molar-refractivity contribution in [1.82, 2.24) is 10.2 Å². The van der Waals surface area contributed by atoms with Crippen LogP contribution in [0.1, 0.15) is 55.7 Å². The number of halogens is 3. The summed E-state index contributed by atoms with van der Waals surface area (Å²) in [5, 5.41) is 9.14. The molecule has 0 bridgehead atoms. The topological polar surface area (TPSA) is 27.3 Å². The molecule has 0 spiro atoms. The molecule has 4 rings (SSSR count). The number of benzene rings is 2. The van der Waals surface area contributed by atoms with Crippen molar-refractivity contribution in [1.29, 1.82) is 0 Å². The number of nitrogens with zero attached hydrogens (tertiary/aromatic N) is 1. The third-order valence-electron chi connectivity index (χ3n) is 6.58. The Morgan fingerprint density at radius 3 is 2.50 bits per heavy atom. The van der Waals surface area contributed by atoms with Crippen LogP contribution in [-0.2, 0) is 0 Å². The SMILES string of the molecule is CC(Nc1cc(C2CCN(C3CCCNC3)CC2)ccc1Cl)c1ccc(Cl)cc1Cl. The van der Waals surface area contributed by atoms with E-state index in [1.807, 2.05) is 18.2 Å². The largest absolute Gasteiger partial charge is 0.377 e. The van der Waals surface area contributed by atoms with E-state index in [0.29, 0.717) is 22.0 Å². The fraction of sp³-hybridized carbons (Fsp3) is 0.500. The van der Waals surface area contributed by atoms with Crippen LogP contribution in [0.3, 0.4) is 0 Å². The lowest BCUT2D eigenvalue weighted by atomic mass is 9.88. The summed E-state index contributed by atoms with van der Waals surface area (Å²) in [6, 6.07) is 12.8. The van der Waals surface area contributed by atoms with Gasteiger partial charge in [0.1, 0.15) is 0 Å². The zero-order valence-corrected chi connectivity index (χ0v) is 19.7. The minimum atomic E-state index is 0.0307. The Kier molecular flexibility index (Phi) is 7.48. The first-order chi connectivity index (χ1) is 14.5. The Bertz CT molecular complexity index is 859. The van der Waals surface area contributed by atoms with Crippen molar-refractivity contribution in [2.75, 3.05) is 31.5 Å². The highest BCUT2D eigenvalue weighted by Crippen LogP contribution is 2.36. The van der Waals surface area contributed by atoms with Crippen molar-refractivity contribution in [3.8, 4) is 0 Å². The molecule has 162 valence electrons. The molecule has 2 atom stereocenters. The molecular formula is C24H30Cl3N3. The van der Waals surface area contributed by atoms with Gasteiger partial charge in [0.25, 0.3) is 0 Å². The van der Waals surface area contributed by atoms with E-state index in [-0.39, 0.29) is 6.04 Å². The van der Waals surface area contributed by atoms with Crippen LogP contribution in [-0.4, -0.2) is 37.1 Å². The first kappa shape index (κ1) is 22.2. The number of hydrogen-bond acceptors (Lipinski definition) is 3.